The van der Waals surface area contributed by atoms with E-state index in [1.165, 1.54) is 5.56 Å². The number of benzene rings is 2. The maximum absolute atomic E-state index is 5.90. The van der Waals surface area contributed by atoms with Crippen LogP contribution in [0.2, 0.25) is 0 Å². The van der Waals surface area contributed by atoms with Crippen LogP contribution in [0.1, 0.15) is 17.5 Å². The normalized spacial score (nSPS) is 13.2. The molecule has 0 saturated heterocycles. The second-order valence-electron chi connectivity index (χ2n) is 4.84. The molecule has 0 spiro atoms. The first kappa shape index (κ1) is 12.9. The Kier molecular flexibility index (Phi) is 3.77. The van der Waals surface area contributed by atoms with E-state index in [0.717, 1.165) is 42.3 Å². The minimum absolute atomic E-state index is 0.539. The van der Waals surface area contributed by atoms with Gasteiger partial charge in [-0.15, -0.1) is 0 Å². The van der Waals surface area contributed by atoms with Crippen LogP contribution in [0.3, 0.4) is 0 Å². The highest BCUT2D eigenvalue weighted by Crippen LogP contribution is 2.37. The lowest BCUT2D eigenvalue weighted by molar-refractivity contribution is 0.269. The molecule has 0 bridgehead atoms. The topological polar surface area (TPSA) is 27.7 Å². The van der Waals surface area contributed by atoms with E-state index in [0.29, 0.717) is 6.61 Å². The summed E-state index contributed by atoms with van der Waals surface area (Å²) in [5, 5.41) is 0. The predicted molar refractivity (Wildman–Crippen MR) is 77.6 cm³/mol. The molecule has 104 valence electrons. The van der Waals surface area contributed by atoms with Crippen molar-refractivity contribution in [3.8, 4) is 17.2 Å². The van der Waals surface area contributed by atoms with Gasteiger partial charge in [-0.25, -0.2) is 0 Å². The van der Waals surface area contributed by atoms with Crippen molar-refractivity contribution in [3.63, 3.8) is 0 Å². The molecular formula is C17H18O3. The fourth-order valence-corrected chi connectivity index (χ4v) is 2.37. The fourth-order valence-electron chi connectivity index (χ4n) is 2.37. The zero-order chi connectivity index (χ0) is 13.8. The molecule has 0 saturated carbocycles. The average molecular weight is 270 g/mol. The highest BCUT2D eigenvalue weighted by Gasteiger charge is 2.16. The Hall–Kier alpha value is -2.16. The average Bonchev–Trinajstić information content (AvgIpc) is 2.53. The summed E-state index contributed by atoms with van der Waals surface area (Å²) in [5.41, 5.74) is 2.34. The van der Waals surface area contributed by atoms with E-state index in [1.807, 2.05) is 42.5 Å². The molecule has 0 unspecified atom stereocenters. The lowest BCUT2D eigenvalue weighted by Gasteiger charge is -2.20. The third-order valence-electron chi connectivity index (χ3n) is 3.43. The first-order valence-electron chi connectivity index (χ1n) is 6.87. The summed E-state index contributed by atoms with van der Waals surface area (Å²) in [6, 6.07) is 14.1. The molecule has 20 heavy (non-hydrogen) atoms. The van der Waals surface area contributed by atoms with Crippen molar-refractivity contribution >= 4 is 0 Å². The van der Waals surface area contributed by atoms with Crippen molar-refractivity contribution in [2.75, 3.05) is 13.7 Å². The molecule has 0 fully saturated rings. The molecule has 3 nitrogen and oxygen atoms in total. The van der Waals surface area contributed by atoms with Gasteiger partial charge < -0.3 is 14.2 Å². The van der Waals surface area contributed by atoms with Gasteiger partial charge in [0.1, 0.15) is 12.4 Å². The van der Waals surface area contributed by atoms with Gasteiger partial charge in [0.2, 0.25) is 0 Å². The molecule has 1 aliphatic heterocycles. The van der Waals surface area contributed by atoms with Gasteiger partial charge in [0.15, 0.2) is 11.5 Å². The third-order valence-corrected chi connectivity index (χ3v) is 3.43. The van der Waals surface area contributed by atoms with Crippen LogP contribution in [-0.4, -0.2) is 13.7 Å². The monoisotopic (exact) mass is 270 g/mol. The van der Waals surface area contributed by atoms with E-state index in [4.69, 9.17) is 14.2 Å². The molecule has 1 heterocycles. The lowest BCUT2D eigenvalue weighted by Crippen LogP contribution is -2.09. The Morgan fingerprint density at radius 3 is 2.75 bits per heavy atom. The summed E-state index contributed by atoms with van der Waals surface area (Å²) in [6.45, 7) is 1.32. The smallest absolute Gasteiger partial charge is 0.164 e. The van der Waals surface area contributed by atoms with Gasteiger partial charge in [0, 0.05) is 6.07 Å². The highest BCUT2D eigenvalue weighted by atomic mass is 16.5. The van der Waals surface area contributed by atoms with E-state index in [1.54, 1.807) is 7.11 Å². The molecule has 3 rings (SSSR count). The zero-order valence-electron chi connectivity index (χ0n) is 11.6. The Bertz CT molecular complexity index is 578. The van der Waals surface area contributed by atoms with Gasteiger partial charge in [0.25, 0.3) is 0 Å². The Morgan fingerprint density at radius 2 is 1.95 bits per heavy atom. The summed E-state index contributed by atoms with van der Waals surface area (Å²) in [5.74, 6) is 2.42. The van der Waals surface area contributed by atoms with E-state index in [2.05, 4.69) is 0 Å². The maximum Gasteiger partial charge on any atom is 0.164 e. The van der Waals surface area contributed by atoms with Crippen LogP contribution in [0.15, 0.2) is 42.5 Å². The minimum Gasteiger partial charge on any atom is -0.493 e. The van der Waals surface area contributed by atoms with E-state index < -0.39 is 0 Å². The molecule has 0 atom stereocenters. The van der Waals surface area contributed by atoms with Crippen LogP contribution in [0, 0.1) is 0 Å². The Balaban J connectivity index is 1.81. The molecule has 1 aliphatic rings. The predicted octanol–water partition coefficient (Wildman–Crippen LogP) is 3.60. The fraction of sp³-hybridized carbons (Fsp3) is 0.294. The first-order valence-corrected chi connectivity index (χ1v) is 6.87. The highest BCUT2D eigenvalue weighted by molar-refractivity contribution is 5.51. The number of methoxy groups -OCH3 is 1. The Morgan fingerprint density at radius 1 is 1.10 bits per heavy atom. The van der Waals surface area contributed by atoms with Crippen LogP contribution in [0.4, 0.5) is 0 Å². The van der Waals surface area contributed by atoms with Gasteiger partial charge in [-0.2, -0.15) is 0 Å². The summed E-state index contributed by atoms with van der Waals surface area (Å²) < 4.78 is 16.9. The van der Waals surface area contributed by atoms with Gasteiger partial charge in [-0.1, -0.05) is 30.3 Å². The zero-order valence-corrected chi connectivity index (χ0v) is 11.6. The number of fused-ring (bicyclic) bond motifs is 1. The molecule has 0 amide bonds. The van der Waals surface area contributed by atoms with Gasteiger partial charge >= 0.3 is 0 Å². The first-order chi connectivity index (χ1) is 9.86. The number of aryl methyl sites for hydroxylation is 1. The van der Waals surface area contributed by atoms with Gasteiger partial charge in [-0.3, -0.25) is 0 Å². The summed E-state index contributed by atoms with van der Waals surface area (Å²) >= 11 is 0. The second kappa shape index (κ2) is 5.87. The standard InChI is InChI=1S/C17H18O3/c1-18-16-11-15-14(8-5-9-19-15)10-17(16)20-12-13-6-3-2-4-7-13/h2-4,6-7,10-11H,5,8-9,12H2,1H3. The van der Waals surface area contributed by atoms with Crippen LogP contribution in [-0.2, 0) is 13.0 Å². The van der Waals surface area contributed by atoms with E-state index >= 15 is 0 Å². The molecule has 0 aliphatic carbocycles. The molecule has 0 aromatic heterocycles. The van der Waals surface area contributed by atoms with Crippen molar-refractivity contribution in [1.29, 1.82) is 0 Å². The summed E-state index contributed by atoms with van der Waals surface area (Å²) in [6.07, 6.45) is 2.08. The van der Waals surface area contributed by atoms with Crippen molar-refractivity contribution in [1.82, 2.24) is 0 Å². The van der Waals surface area contributed by atoms with Crippen molar-refractivity contribution < 1.29 is 14.2 Å². The molecule has 2 aromatic rings. The van der Waals surface area contributed by atoms with Crippen molar-refractivity contribution in [3.05, 3.63) is 53.6 Å². The molecular weight excluding hydrogens is 252 g/mol. The second-order valence-corrected chi connectivity index (χ2v) is 4.84. The van der Waals surface area contributed by atoms with E-state index in [-0.39, 0.29) is 0 Å². The number of hydrogen-bond acceptors (Lipinski definition) is 3. The largest absolute Gasteiger partial charge is 0.493 e. The van der Waals surface area contributed by atoms with Crippen molar-refractivity contribution in [2.45, 2.75) is 19.4 Å². The van der Waals surface area contributed by atoms with Crippen molar-refractivity contribution in [2.24, 2.45) is 0 Å². The quantitative estimate of drug-likeness (QED) is 0.849. The van der Waals surface area contributed by atoms with Crippen LogP contribution >= 0.6 is 0 Å². The molecule has 0 radical (unpaired) electrons. The number of hydrogen-bond donors (Lipinski definition) is 0. The van der Waals surface area contributed by atoms with Crippen LogP contribution in [0.5, 0.6) is 17.2 Å². The molecule has 0 N–H and O–H groups in total. The van der Waals surface area contributed by atoms with Gasteiger partial charge in [-0.05, 0) is 30.0 Å². The summed E-state index contributed by atoms with van der Waals surface area (Å²) in [7, 11) is 1.65. The SMILES string of the molecule is COc1cc2c(cc1OCc1ccccc1)CCCO2. The molecule has 2 aromatic carbocycles. The number of rotatable bonds is 4. The minimum atomic E-state index is 0.539. The third kappa shape index (κ3) is 2.72. The lowest BCUT2D eigenvalue weighted by atomic mass is 10.1. The maximum atomic E-state index is 5.90. The summed E-state index contributed by atoms with van der Waals surface area (Å²) in [4.78, 5) is 0. The van der Waals surface area contributed by atoms with Crippen LogP contribution < -0.4 is 14.2 Å². The molecule has 3 heteroatoms. The van der Waals surface area contributed by atoms with Crippen LogP contribution in [0.25, 0.3) is 0 Å². The van der Waals surface area contributed by atoms with Gasteiger partial charge in [0.05, 0.1) is 13.7 Å². The Labute approximate surface area is 119 Å². The van der Waals surface area contributed by atoms with E-state index in [9.17, 15) is 0 Å². The number of ether oxygens (including phenoxy) is 3.